The van der Waals surface area contributed by atoms with Crippen LogP contribution in [0.15, 0.2) is 48.7 Å². The van der Waals surface area contributed by atoms with Crippen LogP contribution >= 0.6 is 0 Å². The number of aromatic nitrogens is 1. The van der Waals surface area contributed by atoms with Crippen molar-refractivity contribution in [2.45, 2.75) is 24.9 Å². The van der Waals surface area contributed by atoms with Crippen LogP contribution < -0.4 is 4.90 Å². The second-order valence-corrected chi connectivity index (χ2v) is 7.45. The summed E-state index contributed by atoms with van der Waals surface area (Å²) in [5.74, 6) is -0.983. The zero-order valence-electron chi connectivity index (χ0n) is 15.4. The maximum atomic E-state index is 13.1. The normalized spacial score (nSPS) is 21.8. The topological polar surface area (TPSA) is 73.7 Å². The fourth-order valence-corrected chi connectivity index (χ4v) is 3.99. The first-order valence-electron chi connectivity index (χ1n) is 9.45. The highest BCUT2D eigenvalue weighted by Crippen LogP contribution is 2.33. The van der Waals surface area contributed by atoms with Crippen LogP contribution in [0.25, 0.3) is 0 Å². The van der Waals surface area contributed by atoms with E-state index in [0.29, 0.717) is 43.9 Å². The number of carbonyl (C=O) groups excluding carboxylic acids is 2. The summed E-state index contributed by atoms with van der Waals surface area (Å²) >= 11 is 0. The predicted octanol–water partition coefficient (Wildman–Crippen LogP) is 2.08. The number of pyridine rings is 1. The Morgan fingerprint density at radius 1 is 1.14 bits per heavy atom. The van der Waals surface area contributed by atoms with Crippen LogP contribution in [0.4, 0.5) is 10.1 Å². The molecule has 0 radical (unpaired) electrons. The van der Waals surface area contributed by atoms with Gasteiger partial charge in [0.1, 0.15) is 11.4 Å². The van der Waals surface area contributed by atoms with Crippen LogP contribution in [0.1, 0.15) is 25.0 Å². The predicted molar refractivity (Wildman–Crippen MR) is 101 cm³/mol. The molecule has 3 heterocycles. The molecule has 1 atom stereocenters. The Morgan fingerprint density at radius 3 is 2.50 bits per heavy atom. The Labute approximate surface area is 162 Å². The number of nitrogens with zero attached hydrogens (tertiary/aromatic N) is 3. The highest BCUT2D eigenvalue weighted by molar-refractivity contribution is 6.00. The molecule has 1 N–H and O–H groups in total. The van der Waals surface area contributed by atoms with Gasteiger partial charge in [-0.15, -0.1) is 0 Å². The van der Waals surface area contributed by atoms with Gasteiger partial charge in [-0.1, -0.05) is 6.07 Å². The number of aliphatic hydroxyl groups is 1. The molecule has 0 aliphatic carbocycles. The quantitative estimate of drug-likeness (QED) is 0.881. The minimum Gasteiger partial charge on any atom is -0.383 e. The van der Waals surface area contributed by atoms with Gasteiger partial charge in [0, 0.05) is 37.9 Å². The lowest BCUT2D eigenvalue weighted by Crippen LogP contribution is -2.47. The van der Waals surface area contributed by atoms with E-state index < -0.39 is 11.5 Å². The van der Waals surface area contributed by atoms with Crippen molar-refractivity contribution in [2.75, 3.05) is 24.5 Å². The second-order valence-electron chi connectivity index (χ2n) is 7.45. The zero-order valence-corrected chi connectivity index (χ0v) is 15.4. The van der Waals surface area contributed by atoms with Crippen molar-refractivity contribution < 1.29 is 19.1 Å². The molecule has 0 saturated carbocycles. The smallest absolute Gasteiger partial charge is 0.228 e. The Morgan fingerprint density at radius 2 is 1.86 bits per heavy atom. The summed E-state index contributed by atoms with van der Waals surface area (Å²) in [5.41, 5.74) is 0.203. The van der Waals surface area contributed by atoms with Crippen molar-refractivity contribution in [1.29, 1.82) is 0 Å². The van der Waals surface area contributed by atoms with Gasteiger partial charge in [-0.25, -0.2) is 4.39 Å². The number of anilines is 1. The molecule has 28 heavy (non-hydrogen) atoms. The summed E-state index contributed by atoms with van der Waals surface area (Å²) in [5, 5.41) is 10.9. The first kappa shape index (κ1) is 18.6. The number of amides is 2. The number of piperidine rings is 1. The summed E-state index contributed by atoms with van der Waals surface area (Å²) in [4.78, 5) is 32.8. The van der Waals surface area contributed by atoms with Crippen LogP contribution in [0, 0.1) is 11.7 Å². The largest absolute Gasteiger partial charge is 0.383 e. The van der Waals surface area contributed by atoms with E-state index in [0.717, 1.165) is 0 Å². The van der Waals surface area contributed by atoms with Gasteiger partial charge >= 0.3 is 0 Å². The Kier molecular flexibility index (Phi) is 4.85. The van der Waals surface area contributed by atoms with Gasteiger partial charge in [0.2, 0.25) is 11.8 Å². The molecule has 2 aliphatic heterocycles. The minimum absolute atomic E-state index is 0.0685. The van der Waals surface area contributed by atoms with Crippen molar-refractivity contribution in [3.63, 3.8) is 0 Å². The van der Waals surface area contributed by atoms with Crippen molar-refractivity contribution in [3.05, 3.63) is 60.2 Å². The lowest BCUT2D eigenvalue weighted by atomic mass is 9.87. The highest BCUT2D eigenvalue weighted by Gasteiger charge is 2.41. The fraction of sp³-hybridized carbons (Fsp3) is 0.381. The van der Waals surface area contributed by atoms with Gasteiger partial charge in [0.15, 0.2) is 0 Å². The maximum absolute atomic E-state index is 13.1. The number of hydrogen-bond acceptors (Lipinski definition) is 4. The Bertz CT molecular complexity index is 864. The van der Waals surface area contributed by atoms with Crippen molar-refractivity contribution in [2.24, 2.45) is 5.92 Å². The summed E-state index contributed by atoms with van der Waals surface area (Å²) in [6.45, 7) is 1.14. The maximum Gasteiger partial charge on any atom is 0.228 e. The fourth-order valence-electron chi connectivity index (χ4n) is 3.99. The number of rotatable bonds is 3. The molecule has 2 aliphatic rings. The van der Waals surface area contributed by atoms with Gasteiger partial charge in [-0.3, -0.25) is 14.6 Å². The van der Waals surface area contributed by atoms with Crippen LogP contribution in [-0.2, 0) is 15.2 Å². The molecule has 2 aromatic rings. The summed E-state index contributed by atoms with van der Waals surface area (Å²) in [7, 11) is 0. The average Bonchev–Trinajstić information content (AvgIpc) is 3.11. The Balaban J connectivity index is 1.39. The van der Waals surface area contributed by atoms with Gasteiger partial charge in [0.25, 0.3) is 0 Å². The van der Waals surface area contributed by atoms with E-state index >= 15 is 0 Å². The highest BCUT2D eigenvalue weighted by atomic mass is 19.1. The molecule has 0 spiro atoms. The van der Waals surface area contributed by atoms with Crippen LogP contribution in [0.5, 0.6) is 0 Å². The van der Waals surface area contributed by atoms with Crippen LogP contribution in [0.3, 0.4) is 0 Å². The van der Waals surface area contributed by atoms with Crippen LogP contribution in [-0.4, -0.2) is 46.4 Å². The third-order valence-corrected chi connectivity index (χ3v) is 5.66. The molecular formula is C21H22FN3O3. The molecular weight excluding hydrogens is 361 g/mol. The second kappa shape index (κ2) is 7.31. The number of carbonyl (C=O) groups is 2. The van der Waals surface area contributed by atoms with Gasteiger partial charge < -0.3 is 14.9 Å². The van der Waals surface area contributed by atoms with E-state index in [-0.39, 0.29) is 24.1 Å². The van der Waals surface area contributed by atoms with Gasteiger partial charge in [-0.2, -0.15) is 0 Å². The van der Waals surface area contributed by atoms with E-state index in [1.54, 1.807) is 35.4 Å². The number of likely N-dealkylation sites (tertiary alicyclic amines) is 1. The molecule has 7 heteroatoms. The zero-order chi connectivity index (χ0) is 19.7. The van der Waals surface area contributed by atoms with Crippen molar-refractivity contribution >= 4 is 17.5 Å². The average molecular weight is 383 g/mol. The first-order valence-corrected chi connectivity index (χ1v) is 9.45. The van der Waals surface area contributed by atoms with E-state index in [2.05, 4.69) is 4.98 Å². The number of benzene rings is 1. The van der Waals surface area contributed by atoms with Gasteiger partial charge in [0.05, 0.1) is 11.6 Å². The van der Waals surface area contributed by atoms with E-state index in [4.69, 9.17) is 0 Å². The van der Waals surface area contributed by atoms with Crippen molar-refractivity contribution in [3.8, 4) is 0 Å². The molecule has 2 fully saturated rings. The lowest BCUT2D eigenvalue weighted by Gasteiger charge is -2.38. The minimum atomic E-state index is -1.02. The molecule has 1 aromatic carbocycles. The molecule has 4 rings (SSSR count). The molecule has 0 bridgehead atoms. The lowest BCUT2D eigenvalue weighted by molar-refractivity contribution is -0.140. The van der Waals surface area contributed by atoms with Crippen molar-refractivity contribution in [1.82, 2.24) is 9.88 Å². The first-order chi connectivity index (χ1) is 13.5. The third kappa shape index (κ3) is 3.49. The van der Waals surface area contributed by atoms with Gasteiger partial charge in [-0.05, 0) is 49.2 Å². The Hall–Kier alpha value is -2.80. The van der Waals surface area contributed by atoms with E-state index in [9.17, 15) is 19.1 Å². The number of halogens is 1. The summed E-state index contributed by atoms with van der Waals surface area (Å²) in [6.07, 6.45) is 2.63. The standard InChI is InChI=1S/C21H22FN3O3/c22-16-4-6-17(7-5-16)25-14-15(13-19(25)26)20(27)24-11-8-21(28,9-12-24)18-3-1-2-10-23-18/h1-7,10,15,28H,8-9,11-14H2. The molecule has 2 amide bonds. The molecule has 1 unspecified atom stereocenters. The summed E-state index contributed by atoms with van der Waals surface area (Å²) < 4.78 is 13.1. The monoisotopic (exact) mass is 383 g/mol. The molecule has 1 aromatic heterocycles. The molecule has 146 valence electrons. The van der Waals surface area contributed by atoms with E-state index in [1.165, 1.54) is 17.0 Å². The van der Waals surface area contributed by atoms with Crippen LogP contribution in [0.2, 0.25) is 0 Å². The molecule has 2 saturated heterocycles. The molecule has 6 nitrogen and oxygen atoms in total. The number of hydrogen-bond donors (Lipinski definition) is 1. The SMILES string of the molecule is O=C(C1CC(=O)N(c2ccc(F)cc2)C1)N1CCC(O)(c2ccccn2)CC1. The van der Waals surface area contributed by atoms with E-state index in [1.807, 2.05) is 6.07 Å². The summed E-state index contributed by atoms with van der Waals surface area (Å²) in [6, 6.07) is 11.2. The third-order valence-electron chi connectivity index (χ3n) is 5.66.